The zero-order valence-electron chi connectivity index (χ0n) is 10.3. The normalized spacial score (nSPS) is 12.3. The number of hydrogen-bond acceptors (Lipinski definition) is 4. The van der Waals surface area contributed by atoms with Crippen molar-refractivity contribution in [3.05, 3.63) is 30.3 Å². The Morgan fingerprint density at radius 2 is 1.72 bits per heavy atom. The molecule has 7 heteroatoms. The molecule has 0 saturated heterocycles. The van der Waals surface area contributed by atoms with Crippen molar-refractivity contribution in [2.45, 2.75) is 19.8 Å². The van der Waals surface area contributed by atoms with Gasteiger partial charge in [-0.05, 0) is 24.6 Å². The first-order chi connectivity index (χ1) is 8.29. The molecule has 5 nitrogen and oxygen atoms in total. The largest absolute Gasteiger partial charge is 0.248 e. The lowest BCUT2D eigenvalue weighted by molar-refractivity contribution is 0.585. The molecule has 1 rings (SSSR count). The number of rotatable bonds is 6. The molecule has 0 heterocycles. The van der Waals surface area contributed by atoms with E-state index >= 15 is 0 Å². The van der Waals surface area contributed by atoms with Crippen molar-refractivity contribution in [2.24, 2.45) is 0 Å². The molecule has 0 aromatic heterocycles. The molecule has 0 aliphatic rings. The highest BCUT2D eigenvalue weighted by Gasteiger charge is 2.30. The molecule has 18 heavy (non-hydrogen) atoms. The topological polar surface area (TPSA) is 71.5 Å². The maximum atomic E-state index is 12.1. The molecular formula is C11H16NO4S2. The van der Waals surface area contributed by atoms with Crippen molar-refractivity contribution in [1.29, 1.82) is 0 Å². The van der Waals surface area contributed by atoms with Gasteiger partial charge in [0.15, 0.2) is 0 Å². The Morgan fingerprint density at radius 1 is 1.17 bits per heavy atom. The lowest BCUT2D eigenvalue weighted by Gasteiger charge is -2.21. The summed E-state index contributed by atoms with van der Waals surface area (Å²) in [7, 11) is -7.74. The predicted octanol–water partition coefficient (Wildman–Crippen LogP) is 1.38. The summed E-state index contributed by atoms with van der Waals surface area (Å²) in [5.74, 6) is -0.185. The number of benzene rings is 1. The summed E-state index contributed by atoms with van der Waals surface area (Å²) in [5.41, 5.74) is 0.118. The molecular weight excluding hydrogens is 274 g/mol. The molecule has 0 saturated carbocycles. The van der Waals surface area contributed by atoms with Gasteiger partial charge in [-0.2, -0.15) is 3.71 Å². The molecule has 101 valence electrons. The van der Waals surface area contributed by atoms with Gasteiger partial charge in [0.2, 0.25) is 20.0 Å². The standard InChI is InChI=1S/C11H16NO4S2/c1-3-4-10-18(15,16)12(17(2,13)14)11-8-6-5-7-9-11/h6-9H,3-4,10H2,1-2H3. The van der Waals surface area contributed by atoms with E-state index in [9.17, 15) is 16.8 Å². The predicted molar refractivity (Wildman–Crippen MR) is 71.3 cm³/mol. The Labute approximate surface area is 109 Å². The van der Waals surface area contributed by atoms with Gasteiger partial charge < -0.3 is 0 Å². The maximum absolute atomic E-state index is 12.1. The van der Waals surface area contributed by atoms with Crippen LogP contribution in [0.5, 0.6) is 0 Å². The average molecular weight is 290 g/mol. The second-order valence-corrected chi connectivity index (χ2v) is 7.89. The number of anilines is 1. The van der Waals surface area contributed by atoms with E-state index in [2.05, 4.69) is 6.07 Å². The van der Waals surface area contributed by atoms with E-state index in [0.717, 1.165) is 6.26 Å². The second-order valence-electron chi connectivity index (χ2n) is 3.89. The lowest BCUT2D eigenvalue weighted by Crippen LogP contribution is -2.37. The van der Waals surface area contributed by atoms with Crippen LogP contribution in [0.1, 0.15) is 19.8 Å². The van der Waals surface area contributed by atoms with E-state index in [-0.39, 0.29) is 11.4 Å². The molecule has 0 spiro atoms. The lowest BCUT2D eigenvalue weighted by atomic mass is 10.3. The van der Waals surface area contributed by atoms with Crippen LogP contribution in [0, 0.1) is 6.07 Å². The Kier molecular flexibility index (Phi) is 4.75. The molecule has 1 aromatic rings. The second kappa shape index (κ2) is 5.71. The SMILES string of the molecule is CCCCS(=O)(=O)N(c1cc[c]cc1)S(C)(=O)=O. The van der Waals surface area contributed by atoms with Crippen LogP contribution in [0.2, 0.25) is 0 Å². The Balaban J connectivity index is 3.25. The molecule has 1 aromatic carbocycles. The fraction of sp³-hybridized carbons (Fsp3) is 0.455. The molecule has 0 aliphatic carbocycles. The monoisotopic (exact) mass is 290 g/mol. The molecule has 0 aliphatic heterocycles. The van der Waals surface area contributed by atoms with E-state index in [4.69, 9.17) is 0 Å². The van der Waals surface area contributed by atoms with Gasteiger partial charge in [0, 0.05) is 0 Å². The Morgan fingerprint density at radius 3 is 2.17 bits per heavy atom. The van der Waals surface area contributed by atoms with Crippen molar-refractivity contribution >= 4 is 25.7 Å². The third kappa shape index (κ3) is 3.71. The fourth-order valence-corrected chi connectivity index (χ4v) is 5.11. The van der Waals surface area contributed by atoms with Crippen molar-refractivity contribution in [3.63, 3.8) is 0 Å². The molecule has 0 amide bonds. The summed E-state index contributed by atoms with van der Waals surface area (Å²) in [4.78, 5) is 0. The van der Waals surface area contributed by atoms with Crippen LogP contribution in [0.15, 0.2) is 24.3 Å². The van der Waals surface area contributed by atoms with Gasteiger partial charge in [0.05, 0.1) is 17.7 Å². The smallest absolute Gasteiger partial charge is 0.206 e. The van der Waals surface area contributed by atoms with Crippen molar-refractivity contribution in [2.75, 3.05) is 15.7 Å². The van der Waals surface area contributed by atoms with Crippen molar-refractivity contribution in [1.82, 2.24) is 0 Å². The van der Waals surface area contributed by atoms with Crippen molar-refractivity contribution < 1.29 is 16.8 Å². The molecule has 0 bridgehead atoms. The van der Waals surface area contributed by atoms with E-state index in [1.165, 1.54) is 24.3 Å². The number of nitrogens with zero attached hydrogens (tertiary/aromatic N) is 1. The first-order valence-electron chi connectivity index (χ1n) is 5.48. The molecule has 0 N–H and O–H groups in total. The summed E-state index contributed by atoms with van der Waals surface area (Å²) >= 11 is 0. The highest BCUT2D eigenvalue weighted by atomic mass is 32.3. The number of unbranched alkanes of at least 4 members (excludes halogenated alkanes) is 1. The first-order valence-corrected chi connectivity index (χ1v) is 8.94. The van der Waals surface area contributed by atoms with Crippen LogP contribution in [0.25, 0.3) is 0 Å². The summed E-state index contributed by atoms with van der Waals surface area (Å²) in [6.45, 7) is 1.85. The van der Waals surface area contributed by atoms with E-state index in [1.807, 2.05) is 6.92 Å². The minimum absolute atomic E-state index is 0.118. The average Bonchev–Trinajstić information content (AvgIpc) is 2.25. The summed E-state index contributed by atoms with van der Waals surface area (Å²) < 4.78 is 48.0. The maximum Gasteiger partial charge on any atom is 0.248 e. The first kappa shape index (κ1) is 15.0. The summed E-state index contributed by atoms with van der Waals surface area (Å²) in [6.07, 6.45) is 1.99. The summed E-state index contributed by atoms with van der Waals surface area (Å²) in [6, 6.07) is 8.48. The van der Waals surface area contributed by atoms with Gasteiger partial charge in [0.1, 0.15) is 0 Å². The van der Waals surface area contributed by atoms with Gasteiger partial charge in [-0.25, -0.2) is 16.8 Å². The van der Waals surface area contributed by atoms with Gasteiger partial charge >= 0.3 is 0 Å². The Hall–Kier alpha value is -1.08. The highest BCUT2D eigenvalue weighted by Crippen LogP contribution is 2.21. The minimum Gasteiger partial charge on any atom is -0.206 e. The molecule has 0 unspecified atom stereocenters. The summed E-state index contributed by atoms with van der Waals surface area (Å²) in [5, 5.41) is 0. The van der Waals surface area contributed by atoms with Crippen LogP contribution in [-0.4, -0.2) is 28.8 Å². The molecule has 0 fully saturated rings. The highest BCUT2D eigenvalue weighted by molar-refractivity contribution is 8.09. The van der Waals surface area contributed by atoms with Gasteiger partial charge in [0.25, 0.3) is 0 Å². The van der Waals surface area contributed by atoms with E-state index in [0.29, 0.717) is 16.6 Å². The third-order valence-corrected chi connectivity index (χ3v) is 6.05. The molecule has 1 radical (unpaired) electrons. The van der Waals surface area contributed by atoms with Crippen LogP contribution in [0.3, 0.4) is 0 Å². The minimum atomic E-state index is -3.87. The van der Waals surface area contributed by atoms with Crippen molar-refractivity contribution in [3.8, 4) is 0 Å². The van der Waals surface area contributed by atoms with Crippen LogP contribution < -0.4 is 3.71 Å². The number of hydrogen-bond donors (Lipinski definition) is 0. The van der Waals surface area contributed by atoms with Gasteiger partial charge in [-0.3, -0.25) is 0 Å². The Bertz CT molecular complexity index is 579. The fourth-order valence-electron chi connectivity index (χ4n) is 1.47. The van der Waals surface area contributed by atoms with Crippen LogP contribution >= 0.6 is 0 Å². The van der Waals surface area contributed by atoms with Crippen LogP contribution in [0.4, 0.5) is 5.69 Å². The molecule has 0 atom stereocenters. The van der Waals surface area contributed by atoms with E-state index < -0.39 is 20.0 Å². The third-order valence-electron chi connectivity index (χ3n) is 2.22. The van der Waals surface area contributed by atoms with Gasteiger partial charge in [-0.15, -0.1) is 0 Å². The zero-order chi connectivity index (χ0) is 13.8. The zero-order valence-corrected chi connectivity index (χ0v) is 12.0. The van der Waals surface area contributed by atoms with Crippen LogP contribution in [-0.2, 0) is 20.0 Å². The van der Waals surface area contributed by atoms with Gasteiger partial charge in [-0.1, -0.05) is 25.5 Å². The number of sulfonamides is 2. The van der Waals surface area contributed by atoms with E-state index in [1.54, 1.807) is 0 Å². The quantitative estimate of drug-likeness (QED) is 0.793.